The van der Waals surface area contributed by atoms with Crippen molar-refractivity contribution in [3.8, 4) is 5.75 Å². The number of hydrogen-bond acceptors (Lipinski definition) is 5. The molecule has 220 valence electrons. The number of ether oxygens (including phenoxy) is 1. The summed E-state index contributed by atoms with van der Waals surface area (Å²) in [7, 11) is -0.629. The number of aryl methyl sites for hydroxylation is 2. The van der Waals surface area contributed by atoms with E-state index >= 15 is 0 Å². The van der Waals surface area contributed by atoms with Gasteiger partial charge < -0.3 is 14.2 Å². The first-order valence-electron chi connectivity index (χ1n) is 14.3. The minimum Gasteiger partial charge on any atom is -0.496 e. The van der Waals surface area contributed by atoms with E-state index in [2.05, 4.69) is 40.6 Å². The molecule has 1 unspecified atom stereocenters. The Morgan fingerprint density at radius 2 is 1.86 bits per heavy atom. The second-order valence-electron chi connectivity index (χ2n) is 11.1. The maximum Gasteiger partial charge on any atom is 0.265 e. The van der Waals surface area contributed by atoms with Gasteiger partial charge in [-0.05, 0) is 78.8 Å². The van der Waals surface area contributed by atoms with Crippen LogP contribution in [-0.2, 0) is 34.2 Å². The highest BCUT2D eigenvalue weighted by molar-refractivity contribution is 7.90. The van der Waals surface area contributed by atoms with E-state index in [1.807, 2.05) is 13.1 Å². The van der Waals surface area contributed by atoms with E-state index in [1.54, 1.807) is 49.3 Å². The van der Waals surface area contributed by atoms with Gasteiger partial charge in [0.25, 0.3) is 15.9 Å². The van der Waals surface area contributed by atoms with Crippen LogP contribution in [0.3, 0.4) is 0 Å². The highest BCUT2D eigenvalue weighted by Gasteiger charge is 2.29. The standard InChI is InChI=1S/C33H37N3O5S/c1-5-15-36-21-27(28-18-23(10-13-29(28)36)17-26-14-16-35(3)33(26)38)19-24-11-12-25(20-30(24)41-4)32(37)34-42(39,40)31-9-7-6-8-22(31)2/h6-13,18,20-21,26H,5,14-17,19H2,1-4H3,(H,34,37). The molecule has 9 heteroatoms. The third-order valence-corrected chi connectivity index (χ3v) is 9.54. The summed E-state index contributed by atoms with van der Waals surface area (Å²) in [6.07, 6.45) is 5.32. The Hall–Kier alpha value is -4.11. The lowest BCUT2D eigenvalue weighted by Crippen LogP contribution is -2.31. The highest BCUT2D eigenvalue weighted by Crippen LogP contribution is 2.31. The molecule has 1 aliphatic rings. The number of fused-ring (bicyclic) bond motifs is 1. The van der Waals surface area contributed by atoms with Gasteiger partial charge in [0.05, 0.1) is 12.0 Å². The number of carbonyl (C=O) groups excluding carboxylic acids is 2. The molecule has 1 aromatic heterocycles. The van der Waals surface area contributed by atoms with Gasteiger partial charge in [-0.15, -0.1) is 0 Å². The Labute approximate surface area is 247 Å². The zero-order valence-corrected chi connectivity index (χ0v) is 25.3. The summed E-state index contributed by atoms with van der Waals surface area (Å²) in [4.78, 5) is 27.4. The molecule has 1 atom stereocenters. The summed E-state index contributed by atoms with van der Waals surface area (Å²) >= 11 is 0. The quantitative estimate of drug-likeness (QED) is 0.279. The van der Waals surface area contributed by atoms with E-state index in [9.17, 15) is 18.0 Å². The summed E-state index contributed by atoms with van der Waals surface area (Å²) in [5.74, 6) is 0.00365. The molecular weight excluding hydrogens is 550 g/mol. The molecule has 0 aliphatic carbocycles. The molecule has 4 aromatic rings. The van der Waals surface area contributed by atoms with Gasteiger partial charge in [-0.3, -0.25) is 9.59 Å². The number of hydrogen-bond donors (Lipinski definition) is 1. The summed E-state index contributed by atoms with van der Waals surface area (Å²) < 4.78 is 35.8. The molecule has 1 N–H and O–H groups in total. The van der Waals surface area contributed by atoms with Crippen LogP contribution in [0.5, 0.6) is 5.75 Å². The van der Waals surface area contributed by atoms with Crippen molar-refractivity contribution in [2.45, 2.75) is 51.0 Å². The van der Waals surface area contributed by atoms with E-state index in [0.717, 1.165) is 59.9 Å². The van der Waals surface area contributed by atoms with Gasteiger partial charge >= 0.3 is 0 Å². The van der Waals surface area contributed by atoms with Crippen LogP contribution < -0.4 is 9.46 Å². The molecule has 0 spiro atoms. The van der Waals surface area contributed by atoms with Gasteiger partial charge in [-0.25, -0.2) is 13.1 Å². The van der Waals surface area contributed by atoms with E-state index in [-0.39, 0.29) is 22.3 Å². The minimum atomic E-state index is -4.03. The fraction of sp³-hybridized carbons (Fsp3) is 0.333. The van der Waals surface area contributed by atoms with E-state index < -0.39 is 15.9 Å². The summed E-state index contributed by atoms with van der Waals surface area (Å²) in [5.41, 5.74) is 5.02. The molecule has 2 amide bonds. The van der Waals surface area contributed by atoms with Crippen LogP contribution in [0.2, 0.25) is 0 Å². The molecule has 0 bridgehead atoms. The van der Waals surface area contributed by atoms with Crippen molar-refractivity contribution >= 4 is 32.7 Å². The van der Waals surface area contributed by atoms with Crippen LogP contribution in [0.1, 0.15) is 52.4 Å². The second kappa shape index (κ2) is 12.0. The molecular formula is C33H37N3O5S. The van der Waals surface area contributed by atoms with Crippen molar-refractivity contribution < 1.29 is 22.7 Å². The van der Waals surface area contributed by atoms with Gasteiger partial charge in [0.2, 0.25) is 5.91 Å². The third kappa shape index (κ3) is 5.92. The molecule has 5 rings (SSSR count). The van der Waals surface area contributed by atoms with Crippen molar-refractivity contribution in [1.82, 2.24) is 14.2 Å². The first-order valence-corrected chi connectivity index (χ1v) is 15.7. The Bertz CT molecular complexity index is 1760. The molecule has 42 heavy (non-hydrogen) atoms. The zero-order chi connectivity index (χ0) is 30.0. The maximum atomic E-state index is 13.0. The summed E-state index contributed by atoms with van der Waals surface area (Å²) in [6.45, 7) is 5.52. The first-order chi connectivity index (χ1) is 20.1. The Morgan fingerprint density at radius 3 is 2.55 bits per heavy atom. The van der Waals surface area contributed by atoms with Crippen LogP contribution >= 0.6 is 0 Å². The largest absolute Gasteiger partial charge is 0.496 e. The van der Waals surface area contributed by atoms with Gasteiger partial charge in [0.15, 0.2) is 0 Å². The van der Waals surface area contributed by atoms with Crippen molar-refractivity contribution in [3.05, 3.63) is 94.7 Å². The molecule has 3 aromatic carbocycles. The van der Waals surface area contributed by atoms with Crippen LogP contribution in [-0.4, -0.2) is 50.4 Å². The fourth-order valence-electron chi connectivity index (χ4n) is 5.81. The van der Waals surface area contributed by atoms with Crippen LogP contribution in [0.25, 0.3) is 10.9 Å². The lowest BCUT2D eigenvalue weighted by molar-refractivity contribution is -0.129. The maximum absolute atomic E-state index is 13.0. The van der Waals surface area contributed by atoms with Crippen molar-refractivity contribution in [3.63, 3.8) is 0 Å². The lowest BCUT2D eigenvalue weighted by Gasteiger charge is -2.13. The SMILES string of the molecule is CCCn1cc(Cc2ccc(C(=O)NS(=O)(=O)c3ccccc3C)cc2OC)c2cc(CC3CCN(C)C3=O)ccc21. The predicted octanol–water partition coefficient (Wildman–Crippen LogP) is 5.10. The van der Waals surface area contributed by atoms with E-state index in [4.69, 9.17) is 4.74 Å². The molecule has 2 heterocycles. The number of nitrogens with one attached hydrogen (secondary N) is 1. The Balaban J connectivity index is 1.42. The number of nitrogens with zero attached hydrogens (tertiary/aromatic N) is 2. The average molecular weight is 588 g/mol. The number of likely N-dealkylation sites (tertiary alicyclic amines) is 1. The highest BCUT2D eigenvalue weighted by atomic mass is 32.2. The van der Waals surface area contributed by atoms with Crippen LogP contribution in [0.15, 0.2) is 71.8 Å². The molecule has 1 aliphatic heterocycles. The van der Waals surface area contributed by atoms with E-state index in [0.29, 0.717) is 17.7 Å². The second-order valence-corrected chi connectivity index (χ2v) is 12.7. The molecule has 8 nitrogen and oxygen atoms in total. The predicted molar refractivity (Wildman–Crippen MR) is 163 cm³/mol. The van der Waals surface area contributed by atoms with Crippen molar-refractivity contribution in [2.75, 3.05) is 20.7 Å². The number of rotatable bonds is 10. The summed E-state index contributed by atoms with van der Waals surface area (Å²) in [6, 6.07) is 18.0. The molecule has 1 saturated heterocycles. The Morgan fingerprint density at radius 1 is 1.07 bits per heavy atom. The van der Waals surface area contributed by atoms with Crippen LogP contribution in [0.4, 0.5) is 0 Å². The van der Waals surface area contributed by atoms with Gasteiger partial charge in [0, 0.05) is 55.1 Å². The number of aromatic nitrogens is 1. The van der Waals surface area contributed by atoms with Crippen molar-refractivity contribution in [1.29, 1.82) is 0 Å². The number of amides is 2. The molecule has 0 radical (unpaired) electrons. The minimum absolute atomic E-state index is 0.0158. The molecule has 1 fully saturated rings. The zero-order valence-electron chi connectivity index (χ0n) is 24.5. The van der Waals surface area contributed by atoms with Gasteiger partial charge in [-0.2, -0.15) is 0 Å². The normalized spacial score (nSPS) is 15.4. The third-order valence-electron chi connectivity index (χ3n) is 8.05. The number of methoxy groups -OCH3 is 1. The number of sulfonamides is 1. The topological polar surface area (TPSA) is 97.7 Å². The lowest BCUT2D eigenvalue weighted by atomic mass is 9.95. The summed E-state index contributed by atoms with van der Waals surface area (Å²) in [5, 5.41) is 1.13. The fourth-order valence-corrected chi connectivity index (χ4v) is 7.03. The van der Waals surface area contributed by atoms with Crippen LogP contribution in [0, 0.1) is 12.8 Å². The van der Waals surface area contributed by atoms with Gasteiger partial charge in [-0.1, -0.05) is 37.3 Å². The number of carbonyl (C=O) groups is 2. The smallest absolute Gasteiger partial charge is 0.265 e. The van der Waals surface area contributed by atoms with E-state index in [1.165, 1.54) is 6.07 Å². The van der Waals surface area contributed by atoms with Crippen molar-refractivity contribution in [2.24, 2.45) is 5.92 Å². The first kappa shape index (κ1) is 29.4. The Kier molecular flexibility index (Phi) is 8.41. The molecule has 0 saturated carbocycles. The monoisotopic (exact) mass is 587 g/mol. The van der Waals surface area contributed by atoms with Gasteiger partial charge in [0.1, 0.15) is 5.75 Å². The number of benzene rings is 3. The average Bonchev–Trinajstić information content (AvgIpc) is 3.47.